The summed E-state index contributed by atoms with van der Waals surface area (Å²) >= 11 is 0. The Hall–Kier alpha value is -1.35. The molecule has 0 spiro atoms. The molecule has 1 aromatic carbocycles. The van der Waals surface area contributed by atoms with Gasteiger partial charge >= 0.3 is 0 Å². The third-order valence-corrected chi connectivity index (χ3v) is 4.25. The highest BCUT2D eigenvalue weighted by molar-refractivity contribution is 5.98. The van der Waals surface area contributed by atoms with Gasteiger partial charge in [0, 0.05) is 30.3 Å². The summed E-state index contributed by atoms with van der Waals surface area (Å²) in [6, 6.07) is 8.14. The number of nitrogens with zero attached hydrogens (tertiary/aromatic N) is 1. The van der Waals surface area contributed by atoms with E-state index in [1.165, 1.54) is 18.5 Å². The van der Waals surface area contributed by atoms with E-state index in [0.29, 0.717) is 5.78 Å². The number of ether oxygens (including phenoxy) is 1. The van der Waals surface area contributed by atoms with E-state index in [4.69, 9.17) is 4.74 Å². The minimum atomic E-state index is 0.272. The van der Waals surface area contributed by atoms with E-state index in [0.717, 1.165) is 44.7 Å². The highest BCUT2D eigenvalue weighted by Gasteiger charge is 2.23. The molecule has 2 aliphatic rings. The Morgan fingerprint density at radius 2 is 1.68 bits per heavy atom. The number of carbonyl (C=O) groups excluding carboxylic acids is 1. The number of Topliss-reactive ketones (excluding diaryl/α,β-unsaturated/α-hetero) is 1. The molecule has 3 rings (SSSR count). The first-order valence-electron chi connectivity index (χ1n) is 7.31. The molecular weight excluding hydrogens is 238 g/mol. The molecule has 1 aromatic rings. The quantitative estimate of drug-likeness (QED) is 0.782. The van der Waals surface area contributed by atoms with Crippen LogP contribution in [-0.4, -0.2) is 32.1 Å². The van der Waals surface area contributed by atoms with Gasteiger partial charge in [0.05, 0.1) is 13.2 Å². The molecule has 0 unspecified atom stereocenters. The monoisotopic (exact) mass is 259 g/mol. The molecule has 1 saturated carbocycles. The van der Waals surface area contributed by atoms with Gasteiger partial charge in [0.25, 0.3) is 0 Å². The molecule has 1 aliphatic carbocycles. The van der Waals surface area contributed by atoms with Crippen molar-refractivity contribution in [3.8, 4) is 0 Å². The molecule has 19 heavy (non-hydrogen) atoms. The van der Waals surface area contributed by atoms with Gasteiger partial charge in [0.2, 0.25) is 0 Å². The molecule has 1 saturated heterocycles. The first kappa shape index (κ1) is 12.7. The van der Waals surface area contributed by atoms with Gasteiger partial charge in [-0.15, -0.1) is 0 Å². The average molecular weight is 259 g/mol. The summed E-state index contributed by atoms with van der Waals surface area (Å²) < 4.78 is 5.35. The van der Waals surface area contributed by atoms with E-state index in [1.54, 1.807) is 0 Å². The Morgan fingerprint density at radius 3 is 2.32 bits per heavy atom. The summed E-state index contributed by atoms with van der Waals surface area (Å²) in [6.07, 6.45) is 4.57. The van der Waals surface area contributed by atoms with Gasteiger partial charge in [-0.3, -0.25) is 4.79 Å². The van der Waals surface area contributed by atoms with Crippen LogP contribution in [0.15, 0.2) is 24.3 Å². The summed E-state index contributed by atoms with van der Waals surface area (Å²) in [7, 11) is 0. The lowest BCUT2D eigenvalue weighted by atomic mass is 9.96. The van der Waals surface area contributed by atoms with Crippen molar-refractivity contribution in [3.05, 3.63) is 29.8 Å². The van der Waals surface area contributed by atoms with Crippen LogP contribution in [0.3, 0.4) is 0 Å². The molecule has 0 amide bonds. The topological polar surface area (TPSA) is 29.5 Å². The highest BCUT2D eigenvalue weighted by atomic mass is 16.5. The number of morpholine rings is 1. The standard InChI is InChI=1S/C16H21NO2/c18-16(13-3-1-2-4-13)14-5-7-15(8-6-14)17-9-11-19-12-10-17/h5-8,13H,1-4,9-12H2. The molecule has 3 heteroatoms. The van der Waals surface area contributed by atoms with E-state index in [1.807, 2.05) is 12.1 Å². The Kier molecular flexibility index (Phi) is 3.83. The van der Waals surface area contributed by atoms with Crippen LogP contribution in [0, 0.1) is 5.92 Å². The normalized spacial score (nSPS) is 20.7. The van der Waals surface area contributed by atoms with Crippen LogP contribution < -0.4 is 4.90 Å². The lowest BCUT2D eigenvalue weighted by molar-refractivity contribution is 0.0923. The van der Waals surface area contributed by atoms with Crippen LogP contribution in [0.4, 0.5) is 5.69 Å². The van der Waals surface area contributed by atoms with Crippen molar-refractivity contribution in [2.75, 3.05) is 31.2 Å². The number of carbonyl (C=O) groups is 1. The van der Waals surface area contributed by atoms with Crippen LogP contribution in [-0.2, 0) is 4.74 Å². The Bertz CT molecular complexity index is 429. The average Bonchev–Trinajstić information content (AvgIpc) is 3.02. The third kappa shape index (κ3) is 2.81. The van der Waals surface area contributed by atoms with Crippen LogP contribution in [0.25, 0.3) is 0 Å². The zero-order chi connectivity index (χ0) is 13.1. The van der Waals surface area contributed by atoms with E-state index < -0.39 is 0 Å². The molecule has 102 valence electrons. The lowest BCUT2D eigenvalue weighted by Crippen LogP contribution is -2.36. The predicted molar refractivity (Wildman–Crippen MR) is 75.8 cm³/mol. The fourth-order valence-corrected chi connectivity index (χ4v) is 3.08. The van der Waals surface area contributed by atoms with Crippen LogP contribution in [0.1, 0.15) is 36.0 Å². The SMILES string of the molecule is O=C(c1ccc(N2CCOCC2)cc1)C1CCCC1. The van der Waals surface area contributed by atoms with Crippen LogP contribution in [0.5, 0.6) is 0 Å². The molecule has 0 radical (unpaired) electrons. The zero-order valence-corrected chi connectivity index (χ0v) is 11.3. The van der Waals surface area contributed by atoms with Crippen molar-refractivity contribution >= 4 is 11.5 Å². The molecule has 0 atom stereocenters. The van der Waals surface area contributed by atoms with Crippen molar-refractivity contribution in [2.45, 2.75) is 25.7 Å². The first-order valence-corrected chi connectivity index (χ1v) is 7.31. The molecule has 1 aliphatic heterocycles. The number of benzene rings is 1. The molecule has 0 bridgehead atoms. The molecule has 2 fully saturated rings. The maximum Gasteiger partial charge on any atom is 0.165 e. The van der Waals surface area contributed by atoms with Crippen molar-refractivity contribution < 1.29 is 9.53 Å². The molecule has 3 nitrogen and oxygen atoms in total. The fraction of sp³-hybridized carbons (Fsp3) is 0.562. The molecular formula is C16H21NO2. The lowest BCUT2D eigenvalue weighted by Gasteiger charge is -2.28. The van der Waals surface area contributed by atoms with Gasteiger partial charge in [-0.1, -0.05) is 12.8 Å². The molecule has 0 N–H and O–H groups in total. The second-order valence-electron chi connectivity index (χ2n) is 5.49. The number of hydrogen-bond acceptors (Lipinski definition) is 3. The highest BCUT2D eigenvalue weighted by Crippen LogP contribution is 2.28. The zero-order valence-electron chi connectivity index (χ0n) is 11.3. The fourth-order valence-electron chi connectivity index (χ4n) is 3.08. The van der Waals surface area contributed by atoms with Gasteiger partial charge < -0.3 is 9.64 Å². The number of ketones is 1. The molecule has 0 aromatic heterocycles. The number of anilines is 1. The minimum Gasteiger partial charge on any atom is -0.378 e. The predicted octanol–water partition coefficient (Wildman–Crippen LogP) is 2.90. The molecule has 1 heterocycles. The maximum atomic E-state index is 12.3. The Balaban J connectivity index is 1.69. The first-order chi connectivity index (χ1) is 9.34. The van der Waals surface area contributed by atoms with Gasteiger partial charge in [0.15, 0.2) is 5.78 Å². The smallest absolute Gasteiger partial charge is 0.165 e. The number of hydrogen-bond donors (Lipinski definition) is 0. The van der Waals surface area contributed by atoms with Crippen molar-refractivity contribution in [1.82, 2.24) is 0 Å². The van der Waals surface area contributed by atoms with Gasteiger partial charge in [-0.25, -0.2) is 0 Å². The summed E-state index contributed by atoms with van der Waals surface area (Å²) in [5.41, 5.74) is 2.08. The van der Waals surface area contributed by atoms with Gasteiger partial charge in [0.1, 0.15) is 0 Å². The van der Waals surface area contributed by atoms with Crippen molar-refractivity contribution in [2.24, 2.45) is 5.92 Å². The van der Waals surface area contributed by atoms with E-state index in [2.05, 4.69) is 17.0 Å². The van der Waals surface area contributed by atoms with E-state index >= 15 is 0 Å². The minimum absolute atomic E-state index is 0.272. The van der Waals surface area contributed by atoms with Crippen LogP contribution >= 0.6 is 0 Å². The van der Waals surface area contributed by atoms with Crippen molar-refractivity contribution in [3.63, 3.8) is 0 Å². The second-order valence-corrected chi connectivity index (χ2v) is 5.49. The third-order valence-electron chi connectivity index (χ3n) is 4.25. The Morgan fingerprint density at radius 1 is 1.05 bits per heavy atom. The van der Waals surface area contributed by atoms with E-state index in [-0.39, 0.29) is 5.92 Å². The van der Waals surface area contributed by atoms with E-state index in [9.17, 15) is 4.79 Å². The Labute approximate surface area is 114 Å². The van der Waals surface area contributed by atoms with Gasteiger partial charge in [-0.2, -0.15) is 0 Å². The summed E-state index contributed by atoms with van der Waals surface area (Å²) in [4.78, 5) is 14.6. The summed E-state index contributed by atoms with van der Waals surface area (Å²) in [6.45, 7) is 3.47. The maximum absolute atomic E-state index is 12.3. The van der Waals surface area contributed by atoms with Gasteiger partial charge in [-0.05, 0) is 37.1 Å². The summed E-state index contributed by atoms with van der Waals surface area (Å²) in [5.74, 6) is 0.611. The second kappa shape index (κ2) is 5.74. The van der Waals surface area contributed by atoms with Crippen LogP contribution in [0.2, 0.25) is 0 Å². The summed E-state index contributed by atoms with van der Waals surface area (Å²) in [5, 5.41) is 0. The number of rotatable bonds is 3. The van der Waals surface area contributed by atoms with Crippen molar-refractivity contribution in [1.29, 1.82) is 0 Å². The largest absolute Gasteiger partial charge is 0.378 e.